The van der Waals surface area contributed by atoms with Crippen LogP contribution in [0.2, 0.25) is 0 Å². The minimum atomic E-state index is -1.42. The SMILES string of the molecule is CCOC(=O)C[C@H](NC(=O)[C@@H](NC(=O)OCc1ccccc1)[C@@H](C)O)C(N)=O. The Bertz CT molecular complexity index is 679. The van der Waals surface area contributed by atoms with Gasteiger partial charge in [0.05, 0.1) is 19.1 Å². The number of ether oxygens (including phenoxy) is 2. The van der Waals surface area contributed by atoms with Gasteiger partial charge in [-0.05, 0) is 19.4 Å². The van der Waals surface area contributed by atoms with Crippen LogP contribution in [0.1, 0.15) is 25.8 Å². The highest BCUT2D eigenvalue weighted by Crippen LogP contribution is 2.03. The second-order valence-electron chi connectivity index (χ2n) is 5.90. The number of primary amides is 1. The number of aliphatic hydroxyl groups is 1. The van der Waals surface area contributed by atoms with Crippen molar-refractivity contribution in [2.24, 2.45) is 5.73 Å². The molecule has 154 valence electrons. The number of rotatable bonds is 10. The Hall–Kier alpha value is -3.14. The maximum atomic E-state index is 12.3. The average Bonchev–Trinajstić information content (AvgIpc) is 2.64. The van der Waals surface area contributed by atoms with Gasteiger partial charge in [-0.15, -0.1) is 0 Å². The highest BCUT2D eigenvalue weighted by molar-refractivity contribution is 5.93. The summed E-state index contributed by atoms with van der Waals surface area (Å²) in [6, 6.07) is 6.08. The summed E-state index contributed by atoms with van der Waals surface area (Å²) in [5, 5.41) is 14.2. The molecule has 5 N–H and O–H groups in total. The van der Waals surface area contributed by atoms with E-state index in [0.29, 0.717) is 0 Å². The van der Waals surface area contributed by atoms with Crippen LogP contribution in [0, 0.1) is 0 Å². The Labute approximate surface area is 162 Å². The summed E-state index contributed by atoms with van der Waals surface area (Å²) in [6.07, 6.45) is -2.72. The monoisotopic (exact) mass is 395 g/mol. The molecule has 28 heavy (non-hydrogen) atoms. The molecule has 0 radical (unpaired) electrons. The lowest BCUT2D eigenvalue weighted by molar-refractivity contribution is -0.145. The van der Waals surface area contributed by atoms with Crippen molar-refractivity contribution in [1.82, 2.24) is 10.6 Å². The van der Waals surface area contributed by atoms with Gasteiger partial charge in [0, 0.05) is 0 Å². The molecule has 0 aliphatic carbocycles. The molecule has 3 amide bonds. The number of alkyl carbamates (subject to hydrolysis) is 1. The Balaban J connectivity index is 2.66. The van der Waals surface area contributed by atoms with Gasteiger partial charge in [0.2, 0.25) is 11.8 Å². The van der Waals surface area contributed by atoms with Crippen LogP contribution in [0.3, 0.4) is 0 Å². The van der Waals surface area contributed by atoms with E-state index in [4.69, 9.17) is 15.2 Å². The fourth-order valence-electron chi connectivity index (χ4n) is 2.17. The van der Waals surface area contributed by atoms with E-state index in [2.05, 4.69) is 10.6 Å². The summed E-state index contributed by atoms with van der Waals surface area (Å²) in [4.78, 5) is 47.3. The molecule has 3 atom stereocenters. The molecule has 0 saturated heterocycles. The molecular formula is C18H25N3O7. The van der Waals surface area contributed by atoms with Crippen LogP contribution >= 0.6 is 0 Å². The van der Waals surface area contributed by atoms with Gasteiger partial charge in [-0.1, -0.05) is 30.3 Å². The number of carbonyl (C=O) groups is 4. The number of nitrogens with two attached hydrogens (primary N) is 1. The maximum absolute atomic E-state index is 12.3. The normalized spacial score (nSPS) is 13.5. The Morgan fingerprint density at radius 3 is 2.29 bits per heavy atom. The minimum absolute atomic E-state index is 0.0341. The van der Waals surface area contributed by atoms with Crippen molar-refractivity contribution >= 4 is 23.9 Å². The first-order valence-corrected chi connectivity index (χ1v) is 8.65. The lowest BCUT2D eigenvalue weighted by Gasteiger charge is -2.23. The van der Waals surface area contributed by atoms with Crippen molar-refractivity contribution in [2.75, 3.05) is 6.61 Å². The molecule has 0 heterocycles. The second kappa shape index (κ2) is 11.5. The van der Waals surface area contributed by atoms with Gasteiger partial charge < -0.3 is 30.9 Å². The van der Waals surface area contributed by atoms with Gasteiger partial charge in [0.1, 0.15) is 18.7 Å². The zero-order valence-corrected chi connectivity index (χ0v) is 15.7. The van der Waals surface area contributed by atoms with Crippen molar-refractivity contribution in [3.8, 4) is 0 Å². The van der Waals surface area contributed by atoms with E-state index in [1.54, 1.807) is 31.2 Å². The average molecular weight is 395 g/mol. The first-order valence-electron chi connectivity index (χ1n) is 8.65. The van der Waals surface area contributed by atoms with Gasteiger partial charge in [0.25, 0.3) is 0 Å². The van der Waals surface area contributed by atoms with Gasteiger partial charge in [-0.25, -0.2) is 4.79 Å². The van der Waals surface area contributed by atoms with Gasteiger partial charge in [-0.3, -0.25) is 14.4 Å². The first-order chi connectivity index (χ1) is 13.2. The van der Waals surface area contributed by atoms with Crippen LogP contribution < -0.4 is 16.4 Å². The third kappa shape index (κ3) is 8.04. The number of amides is 3. The number of benzene rings is 1. The van der Waals surface area contributed by atoms with E-state index >= 15 is 0 Å². The maximum Gasteiger partial charge on any atom is 0.408 e. The molecular weight excluding hydrogens is 370 g/mol. The van der Waals surface area contributed by atoms with Crippen molar-refractivity contribution < 1.29 is 33.8 Å². The van der Waals surface area contributed by atoms with E-state index in [1.807, 2.05) is 6.07 Å². The minimum Gasteiger partial charge on any atom is -0.466 e. The van der Waals surface area contributed by atoms with Crippen LogP contribution in [0.4, 0.5) is 4.79 Å². The molecule has 0 bridgehead atoms. The van der Waals surface area contributed by atoms with E-state index in [1.165, 1.54) is 6.92 Å². The number of carbonyl (C=O) groups excluding carboxylic acids is 4. The highest BCUT2D eigenvalue weighted by Gasteiger charge is 2.30. The van der Waals surface area contributed by atoms with Crippen molar-refractivity contribution in [3.63, 3.8) is 0 Å². The molecule has 0 aliphatic heterocycles. The number of nitrogens with one attached hydrogen (secondary N) is 2. The predicted molar refractivity (Wildman–Crippen MR) is 97.6 cm³/mol. The molecule has 1 aromatic carbocycles. The first kappa shape index (κ1) is 22.9. The Morgan fingerprint density at radius 2 is 1.75 bits per heavy atom. The van der Waals surface area contributed by atoms with Crippen molar-refractivity contribution in [1.29, 1.82) is 0 Å². The zero-order chi connectivity index (χ0) is 21.1. The van der Waals surface area contributed by atoms with Crippen LogP contribution in [0.5, 0.6) is 0 Å². The molecule has 0 spiro atoms. The fourth-order valence-corrected chi connectivity index (χ4v) is 2.17. The third-order valence-corrected chi connectivity index (χ3v) is 3.59. The summed E-state index contributed by atoms with van der Waals surface area (Å²) in [7, 11) is 0. The molecule has 0 fully saturated rings. The molecule has 1 aromatic rings. The number of esters is 1. The quantitative estimate of drug-likeness (QED) is 0.392. The second-order valence-corrected chi connectivity index (χ2v) is 5.90. The highest BCUT2D eigenvalue weighted by atomic mass is 16.5. The van der Waals surface area contributed by atoms with Crippen LogP contribution in [-0.4, -0.2) is 53.8 Å². The van der Waals surface area contributed by atoms with Crippen LogP contribution in [-0.2, 0) is 30.5 Å². The molecule has 10 nitrogen and oxygen atoms in total. The van der Waals surface area contributed by atoms with E-state index in [-0.39, 0.29) is 13.2 Å². The van der Waals surface area contributed by atoms with Crippen LogP contribution in [0.25, 0.3) is 0 Å². The topological polar surface area (TPSA) is 157 Å². The zero-order valence-electron chi connectivity index (χ0n) is 15.7. The molecule has 0 saturated carbocycles. The lowest BCUT2D eigenvalue weighted by Crippen LogP contribution is -2.57. The summed E-state index contributed by atoms with van der Waals surface area (Å²) < 4.78 is 9.71. The van der Waals surface area contributed by atoms with Crippen molar-refractivity contribution in [2.45, 2.75) is 45.1 Å². The molecule has 0 aliphatic rings. The lowest BCUT2D eigenvalue weighted by atomic mass is 10.1. The van der Waals surface area contributed by atoms with Crippen LogP contribution in [0.15, 0.2) is 30.3 Å². The van der Waals surface area contributed by atoms with Gasteiger partial charge in [0.15, 0.2) is 0 Å². The third-order valence-electron chi connectivity index (χ3n) is 3.59. The Kier molecular flexibility index (Phi) is 9.44. The van der Waals surface area contributed by atoms with E-state index < -0.39 is 48.5 Å². The fraction of sp³-hybridized carbons (Fsp3) is 0.444. The summed E-state index contributed by atoms with van der Waals surface area (Å²) in [5.74, 6) is -2.59. The molecule has 10 heteroatoms. The van der Waals surface area contributed by atoms with E-state index in [0.717, 1.165) is 5.56 Å². The van der Waals surface area contributed by atoms with Gasteiger partial charge >= 0.3 is 12.1 Å². The van der Waals surface area contributed by atoms with Gasteiger partial charge in [-0.2, -0.15) is 0 Å². The predicted octanol–water partition coefficient (Wildman–Crippen LogP) is -0.414. The molecule has 0 aromatic heterocycles. The standard InChI is InChI=1S/C18H25N3O7/c1-3-27-14(23)9-13(16(19)24)20-17(25)15(11(2)22)21-18(26)28-10-12-7-5-4-6-8-12/h4-8,11,13,15,22H,3,9-10H2,1-2H3,(H2,19,24)(H,20,25)(H,21,26)/t11-,13+,15+/m1/s1. The summed E-state index contributed by atoms with van der Waals surface area (Å²) in [6.45, 7) is 2.92. The summed E-state index contributed by atoms with van der Waals surface area (Å²) in [5.41, 5.74) is 5.92. The molecule has 1 rings (SSSR count). The summed E-state index contributed by atoms with van der Waals surface area (Å²) >= 11 is 0. The van der Waals surface area contributed by atoms with E-state index in [9.17, 15) is 24.3 Å². The Morgan fingerprint density at radius 1 is 1.11 bits per heavy atom. The number of hydrogen-bond acceptors (Lipinski definition) is 7. The molecule has 0 unspecified atom stereocenters. The van der Waals surface area contributed by atoms with Crippen molar-refractivity contribution in [3.05, 3.63) is 35.9 Å². The number of aliphatic hydroxyl groups excluding tert-OH is 1. The largest absolute Gasteiger partial charge is 0.466 e. The smallest absolute Gasteiger partial charge is 0.408 e. The number of hydrogen-bond donors (Lipinski definition) is 4.